The lowest BCUT2D eigenvalue weighted by Gasteiger charge is -2.29. The van der Waals surface area contributed by atoms with E-state index >= 15 is 0 Å². The molecular weight excluding hydrogens is 409 g/mol. The minimum atomic E-state index is -4.68. The van der Waals surface area contributed by atoms with Crippen molar-refractivity contribution in [3.05, 3.63) is 66.2 Å². The zero-order chi connectivity index (χ0) is 22.6. The van der Waals surface area contributed by atoms with Gasteiger partial charge in [-0.1, -0.05) is 75.1 Å². The summed E-state index contributed by atoms with van der Waals surface area (Å²) in [5.41, 5.74) is 3.61. The highest BCUT2D eigenvalue weighted by Crippen LogP contribution is 2.38. The van der Waals surface area contributed by atoms with E-state index in [1.54, 1.807) is 6.07 Å². The third-order valence-corrected chi connectivity index (χ3v) is 6.82. The SMILES string of the molecule is CCCCC[C@H]1CC[C@H](c2ccc(-c3ccc4cc(OC(F)(F)F)ccc4c3)cc2)CC1. The second kappa shape index (κ2) is 9.97. The molecule has 0 heterocycles. The molecule has 1 saturated carbocycles. The van der Waals surface area contributed by atoms with Crippen molar-refractivity contribution >= 4 is 10.8 Å². The molecule has 0 amide bonds. The number of hydrogen-bond donors (Lipinski definition) is 0. The van der Waals surface area contributed by atoms with Gasteiger partial charge in [0.05, 0.1) is 0 Å². The van der Waals surface area contributed by atoms with E-state index in [0.29, 0.717) is 5.92 Å². The molecule has 4 heteroatoms. The molecule has 4 rings (SSSR count). The van der Waals surface area contributed by atoms with E-state index in [1.807, 2.05) is 18.2 Å². The van der Waals surface area contributed by atoms with Crippen LogP contribution in [-0.4, -0.2) is 6.36 Å². The summed E-state index contributed by atoms with van der Waals surface area (Å²) >= 11 is 0. The van der Waals surface area contributed by atoms with Crippen molar-refractivity contribution in [2.75, 3.05) is 0 Å². The number of alkyl halides is 3. The maximum absolute atomic E-state index is 12.5. The van der Waals surface area contributed by atoms with Gasteiger partial charge in [-0.25, -0.2) is 0 Å². The van der Waals surface area contributed by atoms with Gasteiger partial charge in [0.15, 0.2) is 0 Å². The largest absolute Gasteiger partial charge is 0.573 e. The molecule has 0 N–H and O–H groups in total. The van der Waals surface area contributed by atoms with Crippen LogP contribution in [0.1, 0.15) is 69.8 Å². The molecule has 0 bridgehead atoms. The average molecular weight is 441 g/mol. The number of benzene rings is 3. The zero-order valence-corrected chi connectivity index (χ0v) is 18.6. The lowest BCUT2D eigenvalue weighted by Crippen LogP contribution is -2.16. The Balaban J connectivity index is 1.41. The lowest BCUT2D eigenvalue weighted by atomic mass is 9.77. The van der Waals surface area contributed by atoms with Crippen molar-refractivity contribution in [3.8, 4) is 16.9 Å². The van der Waals surface area contributed by atoms with Crippen LogP contribution in [0, 0.1) is 5.92 Å². The van der Waals surface area contributed by atoms with E-state index in [1.165, 1.54) is 69.1 Å². The summed E-state index contributed by atoms with van der Waals surface area (Å²) in [6.07, 6.45) is 6.02. The van der Waals surface area contributed by atoms with Crippen LogP contribution in [0.15, 0.2) is 60.7 Å². The summed E-state index contributed by atoms with van der Waals surface area (Å²) in [6, 6.07) is 19.1. The maximum Gasteiger partial charge on any atom is 0.573 e. The van der Waals surface area contributed by atoms with Gasteiger partial charge in [-0.3, -0.25) is 0 Å². The van der Waals surface area contributed by atoms with E-state index in [0.717, 1.165) is 27.8 Å². The van der Waals surface area contributed by atoms with Gasteiger partial charge in [0, 0.05) is 0 Å². The van der Waals surface area contributed by atoms with Crippen LogP contribution in [0.25, 0.3) is 21.9 Å². The molecule has 0 unspecified atom stereocenters. The Labute approximate surface area is 188 Å². The number of unbranched alkanes of at least 4 members (excludes halogenated alkanes) is 2. The highest BCUT2D eigenvalue weighted by molar-refractivity contribution is 5.88. The molecule has 1 aliphatic carbocycles. The molecule has 0 atom stereocenters. The highest BCUT2D eigenvalue weighted by Gasteiger charge is 2.31. The zero-order valence-electron chi connectivity index (χ0n) is 18.6. The molecule has 32 heavy (non-hydrogen) atoms. The Kier molecular flexibility index (Phi) is 7.07. The van der Waals surface area contributed by atoms with E-state index in [9.17, 15) is 13.2 Å². The van der Waals surface area contributed by atoms with Gasteiger partial charge in [0.2, 0.25) is 0 Å². The van der Waals surface area contributed by atoms with Crippen LogP contribution in [-0.2, 0) is 0 Å². The van der Waals surface area contributed by atoms with Crippen molar-refractivity contribution in [2.24, 2.45) is 5.92 Å². The predicted molar refractivity (Wildman–Crippen MR) is 125 cm³/mol. The van der Waals surface area contributed by atoms with Crippen LogP contribution in [0.2, 0.25) is 0 Å². The minimum Gasteiger partial charge on any atom is -0.406 e. The van der Waals surface area contributed by atoms with Crippen molar-refractivity contribution in [2.45, 2.75) is 70.6 Å². The van der Waals surface area contributed by atoms with Gasteiger partial charge in [0.1, 0.15) is 5.75 Å². The topological polar surface area (TPSA) is 9.23 Å². The first-order chi connectivity index (χ1) is 15.4. The molecular formula is C28H31F3O. The van der Waals surface area contributed by atoms with Crippen LogP contribution in [0.4, 0.5) is 13.2 Å². The number of ether oxygens (including phenoxy) is 1. The second-order valence-electron chi connectivity index (χ2n) is 9.11. The number of fused-ring (bicyclic) bond motifs is 1. The molecule has 0 aromatic heterocycles. The van der Waals surface area contributed by atoms with E-state index in [-0.39, 0.29) is 5.75 Å². The summed E-state index contributed by atoms with van der Waals surface area (Å²) in [4.78, 5) is 0. The number of hydrogen-bond acceptors (Lipinski definition) is 1. The van der Waals surface area contributed by atoms with Crippen LogP contribution < -0.4 is 4.74 Å². The van der Waals surface area contributed by atoms with Crippen molar-refractivity contribution in [1.82, 2.24) is 0 Å². The van der Waals surface area contributed by atoms with Crippen LogP contribution in [0.5, 0.6) is 5.75 Å². The maximum atomic E-state index is 12.5. The fourth-order valence-electron chi connectivity index (χ4n) is 5.02. The molecule has 3 aromatic carbocycles. The van der Waals surface area contributed by atoms with Gasteiger partial charge < -0.3 is 4.74 Å². The Morgan fingerprint density at radius 1 is 0.781 bits per heavy atom. The molecule has 1 aliphatic rings. The van der Waals surface area contributed by atoms with Gasteiger partial charge in [-0.15, -0.1) is 13.2 Å². The fraction of sp³-hybridized carbons (Fsp3) is 0.429. The Hall–Kier alpha value is -2.49. The van der Waals surface area contributed by atoms with E-state index in [4.69, 9.17) is 0 Å². The number of rotatable bonds is 7. The van der Waals surface area contributed by atoms with Gasteiger partial charge in [0.25, 0.3) is 0 Å². The van der Waals surface area contributed by atoms with Crippen molar-refractivity contribution in [1.29, 1.82) is 0 Å². The first-order valence-corrected chi connectivity index (χ1v) is 11.8. The molecule has 1 nitrogen and oxygen atoms in total. The molecule has 0 aliphatic heterocycles. The summed E-state index contributed by atoms with van der Waals surface area (Å²) < 4.78 is 41.4. The summed E-state index contributed by atoms with van der Waals surface area (Å²) in [7, 11) is 0. The van der Waals surface area contributed by atoms with Gasteiger partial charge in [-0.05, 0) is 83.2 Å². The molecule has 170 valence electrons. The third-order valence-electron chi connectivity index (χ3n) is 6.82. The van der Waals surface area contributed by atoms with Gasteiger partial charge in [-0.2, -0.15) is 0 Å². The molecule has 0 spiro atoms. The Morgan fingerprint density at radius 2 is 1.44 bits per heavy atom. The molecule has 0 saturated heterocycles. The Morgan fingerprint density at radius 3 is 2.12 bits per heavy atom. The monoisotopic (exact) mass is 440 g/mol. The van der Waals surface area contributed by atoms with Crippen LogP contribution in [0.3, 0.4) is 0 Å². The predicted octanol–water partition coefficient (Wildman–Crippen LogP) is 9.26. The third kappa shape index (κ3) is 5.85. The van der Waals surface area contributed by atoms with Crippen molar-refractivity contribution in [3.63, 3.8) is 0 Å². The summed E-state index contributed by atoms with van der Waals surface area (Å²) in [5, 5.41) is 1.62. The quantitative estimate of drug-likeness (QED) is 0.333. The number of halogens is 3. The first-order valence-electron chi connectivity index (χ1n) is 11.8. The molecule has 1 fully saturated rings. The smallest absolute Gasteiger partial charge is 0.406 e. The second-order valence-corrected chi connectivity index (χ2v) is 9.11. The standard InChI is InChI=1S/C28H31F3O/c1-2-3-4-5-20-6-8-21(9-7-20)22-10-12-23(13-11-22)24-14-15-26-19-27(32-28(29,30)31)17-16-25(26)18-24/h10-21H,2-9H2,1H3/t20-,21-. The minimum absolute atomic E-state index is 0.192. The summed E-state index contributed by atoms with van der Waals surface area (Å²) in [6.45, 7) is 2.27. The lowest BCUT2D eigenvalue weighted by molar-refractivity contribution is -0.274. The van der Waals surface area contributed by atoms with Crippen molar-refractivity contribution < 1.29 is 17.9 Å². The first kappa shape index (κ1) is 22.7. The highest BCUT2D eigenvalue weighted by atomic mass is 19.4. The normalized spacial score (nSPS) is 19.2. The molecule has 0 radical (unpaired) electrons. The summed E-state index contributed by atoms with van der Waals surface area (Å²) in [5.74, 6) is 1.38. The Bertz CT molecular complexity index is 1020. The molecule has 3 aromatic rings. The van der Waals surface area contributed by atoms with Gasteiger partial charge >= 0.3 is 6.36 Å². The van der Waals surface area contributed by atoms with E-state index < -0.39 is 6.36 Å². The van der Waals surface area contributed by atoms with E-state index in [2.05, 4.69) is 35.9 Å². The average Bonchev–Trinajstić information content (AvgIpc) is 2.78. The fourth-order valence-corrected chi connectivity index (χ4v) is 5.02. The van der Waals surface area contributed by atoms with Crippen LogP contribution >= 0.6 is 0 Å².